The van der Waals surface area contributed by atoms with Crippen LogP contribution in [0.1, 0.15) is 88.5 Å². The maximum absolute atomic E-state index is 10.7. The van der Waals surface area contributed by atoms with Gasteiger partial charge in [0.2, 0.25) is 0 Å². The van der Waals surface area contributed by atoms with Crippen LogP contribution in [-0.4, -0.2) is 57.9 Å². The largest absolute Gasteiger partial charge is 0.522 e. The third-order valence-corrected chi connectivity index (χ3v) is 15.0. The molecule has 0 saturated heterocycles. The van der Waals surface area contributed by atoms with Gasteiger partial charge >= 0.3 is 15.6 Å². The molecular weight excluding hydrogens is 1680 g/mol. The first-order valence-electron chi connectivity index (χ1n) is 42.7. The number of nitrogens with zero attached hydrogens (tertiary/aromatic N) is 3. The summed E-state index contributed by atoms with van der Waals surface area (Å²) in [5.74, 6) is 0. The van der Waals surface area contributed by atoms with E-state index < -0.39 is 70.4 Å². The fourth-order valence-corrected chi connectivity index (χ4v) is 9.35. The number of halogens is 3. The molecule has 14 heteroatoms. The van der Waals surface area contributed by atoms with Crippen molar-refractivity contribution in [2.45, 2.75) is 74.2 Å². The van der Waals surface area contributed by atoms with Gasteiger partial charge in [0.1, 0.15) is 0 Å². The Hall–Kier alpha value is -9.69. The zero-order valence-electron chi connectivity index (χ0n) is 80.0. The third kappa shape index (κ3) is 25.6. The van der Waals surface area contributed by atoms with E-state index in [0.29, 0.717) is 33.5 Å². The number of aromatic nitrogens is 3. The molecule has 14 aromatic rings. The second kappa shape index (κ2) is 41.6. The molecule has 0 spiro atoms. The van der Waals surface area contributed by atoms with E-state index in [0.717, 1.165) is 97.2 Å². The van der Waals surface area contributed by atoms with Gasteiger partial charge in [0, 0.05) is 111 Å². The Morgan fingerprint density at radius 2 is 0.740 bits per heavy atom. The molecule has 0 bridgehead atoms. The minimum Gasteiger partial charge on any atom is -0.400 e. The van der Waals surface area contributed by atoms with Crippen LogP contribution in [0.15, 0.2) is 261 Å². The summed E-state index contributed by atoms with van der Waals surface area (Å²) < 4.78 is 238. The summed E-state index contributed by atoms with van der Waals surface area (Å²) in [6, 6.07) is 88.3. The Morgan fingerprint density at radius 1 is 0.346 bits per heavy atom. The number of rotatable bonds is 7. The Labute approximate surface area is 672 Å². The molecule has 538 valence electrons. The van der Waals surface area contributed by atoms with Gasteiger partial charge in [-0.05, 0) is 119 Å². The van der Waals surface area contributed by atoms with Gasteiger partial charge < -0.3 is 20.2 Å². The van der Waals surface area contributed by atoms with Crippen molar-refractivity contribution in [1.29, 1.82) is 0 Å². The van der Waals surface area contributed by atoms with Crippen LogP contribution in [0.25, 0.3) is 99.8 Å². The fraction of sp³-hybridized carbons (Fsp3) is 0.144. The van der Waals surface area contributed by atoms with Crippen LogP contribution in [0.2, 0.25) is 0 Å². The summed E-state index contributed by atoms with van der Waals surface area (Å²) in [7, 11) is -3.84. The number of benzene rings is 11. The molecule has 3 aromatic heterocycles. The summed E-state index contributed by atoms with van der Waals surface area (Å²) in [5, 5.41) is 17.3. The van der Waals surface area contributed by atoms with Crippen LogP contribution in [0, 0.1) is 105 Å². The molecule has 0 aliphatic heterocycles. The van der Waals surface area contributed by atoms with E-state index in [1.807, 2.05) is 135 Å². The van der Waals surface area contributed by atoms with Gasteiger partial charge in [0.05, 0.1) is 5.69 Å². The number of hydrogen-bond acceptors (Lipinski definition) is 7. The Morgan fingerprint density at radius 3 is 1.16 bits per heavy atom. The van der Waals surface area contributed by atoms with Crippen molar-refractivity contribution in [1.82, 2.24) is 15.0 Å². The van der Waals surface area contributed by atoms with E-state index in [9.17, 15) is 13.2 Å². The predicted molar refractivity (Wildman–Crippen MR) is 413 cm³/mol. The maximum Gasteiger partial charge on any atom is 0.522 e. The summed E-state index contributed by atoms with van der Waals surface area (Å²) >= 11 is 0. The van der Waals surface area contributed by atoms with Gasteiger partial charge in [-0.3, -0.25) is 9.54 Å². The average Bonchev–Trinajstić information content (AvgIpc) is 0.776. The molecule has 0 atom stereocenters. The number of aryl methyl sites for hydroxylation is 10. The van der Waals surface area contributed by atoms with E-state index >= 15 is 0 Å². The second-order valence-corrected chi connectivity index (χ2v) is 23.2. The molecule has 3 N–H and O–H groups in total. The van der Waals surface area contributed by atoms with Gasteiger partial charge in [-0.15, -0.1) is 99.1 Å². The van der Waals surface area contributed by atoms with E-state index in [2.05, 4.69) is 51.4 Å². The van der Waals surface area contributed by atoms with Crippen LogP contribution < -0.4 is 0 Å². The number of hydrogen-bond donors (Lipinski definition) is 3. The fourth-order valence-electron chi connectivity index (χ4n) is 9.35. The molecule has 8 nitrogen and oxygen atoms in total. The Bertz CT molecular complexity index is 5660. The molecule has 11 aromatic carbocycles. The molecule has 0 unspecified atom stereocenters. The first-order valence-corrected chi connectivity index (χ1v) is 32.1. The van der Waals surface area contributed by atoms with E-state index in [-0.39, 0.29) is 79.2 Å². The average molecular weight is 1780 g/mol. The molecule has 0 amide bonds. The first kappa shape index (κ1) is 54.9. The van der Waals surface area contributed by atoms with Crippen molar-refractivity contribution in [3.63, 3.8) is 0 Å². The van der Waals surface area contributed by atoms with Crippen LogP contribution >= 0.6 is 0 Å². The standard InChI is InChI=1S/C24H18.C23H19N.C14H12.2C13H12N.CHF3O3S.2CH4O.2Ir/c1-17-8-10-21-15-23(13-12-20(21)14-17)24-16-22(11-9-18(24)2)19-6-4-3-5-7-19;1-16-8-9-20-13-21(11-10-19(20)12-16)22-14-23(24-15-17(22)2)18-6-4-3-5-7-18;1-11-3-7-13(8-4-11)14-9-5-12(2)6-10-14;2*1-10-3-6-12(7-4-10)13-8-5-11(2)9-14-13;2-1(3,4)8(5,6)7;2*1-2;;/h3-6,8-10,12-16H,1-2H3;3-15H,1-2H3;3-7,9H,1-2H3;2*3-6,8-9H,1-2H3;(H,5,6,7);2*2H,1H3;;/q-2;;-2;2*-1;;;;;/i3*1D3,2D3;2D3;1D3;;;;;. The zero-order chi connectivity index (χ0) is 93.9. The van der Waals surface area contributed by atoms with Crippen LogP contribution in [0.4, 0.5) is 13.2 Å². The van der Waals surface area contributed by atoms with E-state index in [4.69, 9.17) is 56.1 Å². The van der Waals surface area contributed by atoms with Gasteiger partial charge in [-0.2, -0.15) is 113 Å². The van der Waals surface area contributed by atoms with Gasteiger partial charge in [-0.1, -0.05) is 161 Å². The molecule has 104 heavy (non-hydrogen) atoms. The summed E-state index contributed by atoms with van der Waals surface area (Å²) in [5.41, 5.74) is 9.08. The number of aliphatic hydroxyl groups excluding tert-OH is 2. The molecule has 3 heterocycles. The van der Waals surface area contributed by atoms with Crippen molar-refractivity contribution in [2.75, 3.05) is 14.2 Å². The Balaban J connectivity index is 0.000000279. The monoisotopic (exact) mass is 1780 g/mol. The van der Waals surface area contributed by atoms with Crippen molar-refractivity contribution in [3.05, 3.63) is 353 Å². The number of alkyl halides is 3. The van der Waals surface area contributed by atoms with Gasteiger partial charge in [0.15, 0.2) is 0 Å². The first-order chi connectivity index (χ1) is 58.6. The minimum atomic E-state index is -5.84. The summed E-state index contributed by atoms with van der Waals surface area (Å²) in [4.78, 5) is 12.8. The SMILES string of the molecule is CO.CO.O=S(=O)(O)C(F)(F)F.[2H]C([2H])([2H])c1c[c-]c(-c2[c-]cc(C([2H])([2H])[2H])cc2)cc1.[2H]C([2H])([2H])c1c[c-]c(-c2ccc(C)cn2)cc1.[2H]C([2H])([2H])c1ccc(-c2[c-]cc(C)cc2)nc1.[2H]C([2H])([2H])c1ccc2cc(-c3cc(-c4[c-]cccc4)[c-]cc3C([2H])([2H])[2H])ccc2c1.[2H]C([2H])([2H])c1ccc2cc(-c3cc(-c4ccccc4)ncc3C([2H])([2H])[2H])ccc2c1.[Ir].[Ir]. The molecule has 0 saturated carbocycles. The quantitative estimate of drug-likeness (QED) is 0.0816. The normalized spacial score (nSPS) is 14.7. The summed E-state index contributed by atoms with van der Waals surface area (Å²) in [6.45, 7) is -13.4. The number of pyridine rings is 3. The van der Waals surface area contributed by atoms with Gasteiger partial charge in [-0.25, -0.2) is 22.3 Å². The van der Waals surface area contributed by atoms with Crippen molar-refractivity contribution < 1.29 is 109 Å². The summed E-state index contributed by atoms with van der Waals surface area (Å²) in [6.07, 6.45) is 4.60. The number of aliphatic hydroxyl groups is 2. The zero-order valence-corrected chi connectivity index (χ0v) is 61.6. The molecule has 2 radical (unpaired) electrons. The topological polar surface area (TPSA) is 134 Å². The minimum absolute atomic E-state index is 0. The molecule has 0 aliphatic rings. The van der Waals surface area contributed by atoms with Crippen molar-refractivity contribution in [2.24, 2.45) is 0 Å². The smallest absolute Gasteiger partial charge is 0.400 e. The van der Waals surface area contributed by atoms with Crippen LogP contribution in [0.3, 0.4) is 0 Å². The number of fused-ring (bicyclic) bond motifs is 2. The predicted octanol–water partition coefficient (Wildman–Crippen LogP) is 22.1. The molecule has 0 fully saturated rings. The van der Waals surface area contributed by atoms with Crippen LogP contribution in [-0.2, 0) is 50.3 Å². The molecular formula is C90H82F3Ir2N3O5S-6. The van der Waals surface area contributed by atoms with Crippen molar-refractivity contribution in [3.8, 4) is 78.3 Å². The maximum atomic E-state index is 10.7. The second-order valence-electron chi connectivity index (χ2n) is 21.8. The molecule has 0 aliphatic carbocycles. The third-order valence-electron chi connectivity index (χ3n) is 14.4. The van der Waals surface area contributed by atoms with Gasteiger partial charge in [0.25, 0.3) is 0 Å². The van der Waals surface area contributed by atoms with E-state index in [1.165, 1.54) is 48.8 Å². The van der Waals surface area contributed by atoms with Crippen LogP contribution in [0.5, 0.6) is 0 Å². The van der Waals surface area contributed by atoms with E-state index in [1.54, 1.807) is 91.1 Å². The Kier molecular flexibility index (Phi) is 21.9. The molecule has 14 rings (SSSR count). The van der Waals surface area contributed by atoms with Crippen molar-refractivity contribution >= 4 is 31.7 Å².